The third-order valence-corrected chi connectivity index (χ3v) is 2.46. The van der Waals surface area contributed by atoms with Crippen LogP contribution in [0.2, 0.25) is 0 Å². The van der Waals surface area contributed by atoms with E-state index < -0.39 is 5.91 Å². The van der Waals surface area contributed by atoms with Gasteiger partial charge in [-0.15, -0.1) is 11.8 Å². The van der Waals surface area contributed by atoms with Gasteiger partial charge in [-0.05, 0) is 12.1 Å². The van der Waals surface area contributed by atoms with Crippen molar-refractivity contribution in [2.75, 3.05) is 18.1 Å². The molecule has 1 amide bonds. The van der Waals surface area contributed by atoms with Crippen molar-refractivity contribution in [1.82, 2.24) is 4.98 Å². The fourth-order valence-corrected chi connectivity index (χ4v) is 1.53. The van der Waals surface area contributed by atoms with Gasteiger partial charge < -0.3 is 16.6 Å². The zero-order valence-electron chi connectivity index (χ0n) is 7.43. The lowest BCUT2D eigenvalue weighted by Gasteiger charge is -2.04. The van der Waals surface area contributed by atoms with Crippen molar-refractivity contribution in [2.24, 2.45) is 5.73 Å². The summed E-state index contributed by atoms with van der Waals surface area (Å²) in [5, 5.41) is 9.14. The van der Waals surface area contributed by atoms with Gasteiger partial charge >= 0.3 is 0 Å². The monoisotopic (exact) mass is 213 g/mol. The number of aromatic nitrogens is 1. The molecule has 0 radical (unpaired) electrons. The van der Waals surface area contributed by atoms with Crippen LogP contribution < -0.4 is 11.5 Å². The molecule has 1 rings (SSSR count). The van der Waals surface area contributed by atoms with Crippen molar-refractivity contribution in [3.8, 4) is 0 Å². The van der Waals surface area contributed by atoms with Gasteiger partial charge in [0, 0.05) is 5.75 Å². The topological polar surface area (TPSA) is 102 Å². The molecule has 1 aromatic heterocycles. The fraction of sp³-hybridized carbons (Fsp3) is 0.250. The summed E-state index contributed by atoms with van der Waals surface area (Å²) in [6.07, 6.45) is 0. The standard InChI is InChI=1S/C8H11N3O2S/c9-5-1-2-6(7(10)13)11-8(5)14-4-3-12/h1-2,12H,3-4,9H2,(H2,10,13). The summed E-state index contributed by atoms with van der Waals surface area (Å²) in [5.74, 6) is -0.102. The van der Waals surface area contributed by atoms with Crippen LogP contribution in [0.15, 0.2) is 17.2 Å². The number of primary amides is 1. The average molecular weight is 213 g/mol. The second kappa shape index (κ2) is 4.83. The lowest BCUT2D eigenvalue weighted by atomic mass is 10.3. The van der Waals surface area contributed by atoms with Crippen molar-refractivity contribution in [3.63, 3.8) is 0 Å². The molecule has 1 aromatic rings. The number of amides is 1. The first-order chi connectivity index (χ1) is 6.65. The van der Waals surface area contributed by atoms with E-state index in [9.17, 15) is 4.79 Å². The van der Waals surface area contributed by atoms with Gasteiger partial charge in [-0.3, -0.25) is 4.79 Å². The minimum Gasteiger partial charge on any atom is -0.397 e. The number of thioether (sulfide) groups is 1. The smallest absolute Gasteiger partial charge is 0.267 e. The van der Waals surface area contributed by atoms with E-state index in [-0.39, 0.29) is 12.3 Å². The Morgan fingerprint density at radius 1 is 1.57 bits per heavy atom. The molecule has 1 heterocycles. The van der Waals surface area contributed by atoms with Gasteiger partial charge in [-0.1, -0.05) is 0 Å². The third-order valence-electron chi connectivity index (χ3n) is 1.47. The molecule has 0 spiro atoms. The molecule has 0 atom stereocenters. The van der Waals surface area contributed by atoms with Crippen LogP contribution in [0.25, 0.3) is 0 Å². The van der Waals surface area contributed by atoms with Gasteiger partial charge in [-0.2, -0.15) is 0 Å². The fourth-order valence-electron chi connectivity index (χ4n) is 0.846. The molecule has 0 aliphatic carbocycles. The van der Waals surface area contributed by atoms with E-state index >= 15 is 0 Å². The zero-order valence-corrected chi connectivity index (χ0v) is 8.25. The average Bonchev–Trinajstić information content (AvgIpc) is 2.16. The first kappa shape index (κ1) is 10.8. The van der Waals surface area contributed by atoms with E-state index in [0.29, 0.717) is 16.5 Å². The van der Waals surface area contributed by atoms with E-state index in [0.717, 1.165) is 0 Å². The molecule has 14 heavy (non-hydrogen) atoms. The Morgan fingerprint density at radius 3 is 2.86 bits per heavy atom. The largest absolute Gasteiger partial charge is 0.397 e. The lowest BCUT2D eigenvalue weighted by molar-refractivity contribution is 0.0995. The summed E-state index contributed by atoms with van der Waals surface area (Å²) in [6.45, 7) is 0.0343. The quantitative estimate of drug-likeness (QED) is 0.603. The summed E-state index contributed by atoms with van der Waals surface area (Å²) >= 11 is 1.28. The summed E-state index contributed by atoms with van der Waals surface area (Å²) in [6, 6.07) is 3.05. The molecule has 0 aromatic carbocycles. The van der Waals surface area contributed by atoms with Crippen molar-refractivity contribution >= 4 is 23.4 Å². The van der Waals surface area contributed by atoms with Gasteiger partial charge in [0.25, 0.3) is 5.91 Å². The van der Waals surface area contributed by atoms with Gasteiger partial charge in [0.15, 0.2) is 0 Å². The van der Waals surface area contributed by atoms with Gasteiger partial charge in [-0.25, -0.2) is 4.98 Å². The zero-order chi connectivity index (χ0) is 10.6. The number of hydrogen-bond donors (Lipinski definition) is 3. The Labute approximate surface area is 85.5 Å². The maximum absolute atomic E-state index is 10.8. The minimum atomic E-state index is -0.587. The number of nitrogens with two attached hydrogens (primary N) is 2. The van der Waals surface area contributed by atoms with E-state index in [1.54, 1.807) is 6.07 Å². The van der Waals surface area contributed by atoms with E-state index in [4.69, 9.17) is 16.6 Å². The van der Waals surface area contributed by atoms with Crippen molar-refractivity contribution in [1.29, 1.82) is 0 Å². The number of anilines is 1. The third kappa shape index (κ3) is 2.61. The highest BCUT2D eigenvalue weighted by molar-refractivity contribution is 7.99. The van der Waals surface area contributed by atoms with Crippen molar-refractivity contribution < 1.29 is 9.90 Å². The molecular formula is C8H11N3O2S. The molecule has 0 aliphatic heterocycles. The first-order valence-electron chi connectivity index (χ1n) is 3.95. The number of nitrogen functional groups attached to an aromatic ring is 1. The Bertz CT molecular complexity index is 343. The molecule has 6 heteroatoms. The predicted octanol–water partition coefficient (Wildman–Crippen LogP) is -0.153. The number of nitrogens with zero attached hydrogens (tertiary/aromatic N) is 1. The molecular weight excluding hydrogens is 202 g/mol. The highest BCUT2D eigenvalue weighted by Crippen LogP contribution is 2.22. The molecule has 5 N–H and O–H groups in total. The Morgan fingerprint density at radius 2 is 2.29 bits per heavy atom. The maximum atomic E-state index is 10.8. The van der Waals surface area contributed by atoms with Crippen LogP contribution in [0.4, 0.5) is 5.69 Å². The number of pyridine rings is 1. The highest BCUT2D eigenvalue weighted by atomic mass is 32.2. The van der Waals surface area contributed by atoms with E-state index in [2.05, 4.69) is 4.98 Å². The van der Waals surface area contributed by atoms with Crippen LogP contribution >= 0.6 is 11.8 Å². The molecule has 5 nitrogen and oxygen atoms in total. The molecule has 0 bridgehead atoms. The molecule has 0 saturated heterocycles. The van der Waals surface area contributed by atoms with Crippen LogP contribution in [-0.2, 0) is 0 Å². The minimum absolute atomic E-state index is 0.0343. The summed E-state index contributed by atoms with van der Waals surface area (Å²) in [7, 11) is 0. The van der Waals surface area contributed by atoms with E-state index in [1.165, 1.54) is 17.8 Å². The van der Waals surface area contributed by atoms with Gasteiger partial charge in [0.2, 0.25) is 0 Å². The van der Waals surface area contributed by atoms with Crippen LogP contribution in [0.5, 0.6) is 0 Å². The number of rotatable bonds is 4. The lowest BCUT2D eigenvalue weighted by Crippen LogP contribution is -2.13. The molecule has 0 unspecified atom stereocenters. The number of hydrogen-bond acceptors (Lipinski definition) is 5. The maximum Gasteiger partial charge on any atom is 0.267 e. The van der Waals surface area contributed by atoms with Crippen LogP contribution in [-0.4, -0.2) is 28.4 Å². The Balaban J connectivity index is 2.90. The molecule has 0 fully saturated rings. The molecule has 76 valence electrons. The van der Waals surface area contributed by atoms with Crippen LogP contribution in [0.1, 0.15) is 10.5 Å². The number of aliphatic hydroxyl groups is 1. The SMILES string of the molecule is NC(=O)c1ccc(N)c(SCCO)n1. The number of carbonyl (C=O) groups is 1. The Kier molecular flexibility index (Phi) is 3.73. The second-order valence-corrected chi connectivity index (χ2v) is 3.61. The summed E-state index contributed by atoms with van der Waals surface area (Å²) in [5.41, 5.74) is 11.3. The predicted molar refractivity (Wildman–Crippen MR) is 55.0 cm³/mol. The Hall–Kier alpha value is -1.27. The highest BCUT2D eigenvalue weighted by Gasteiger charge is 2.06. The molecule has 0 saturated carbocycles. The van der Waals surface area contributed by atoms with Crippen molar-refractivity contribution in [3.05, 3.63) is 17.8 Å². The van der Waals surface area contributed by atoms with Crippen LogP contribution in [0, 0.1) is 0 Å². The summed E-state index contributed by atoms with van der Waals surface area (Å²) < 4.78 is 0. The normalized spacial score (nSPS) is 10.1. The van der Waals surface area contributed by atoms with Crippen molar-refractivity contribution in [2.45, 2.75) is 5.03 Å². The van der Waals surface area contributed by atoms with Gasteiger partial charge in [0.1, 0.15) is 10.7 Å². The first-order valence-corrected chi connectivity index (χ1v) is 4.93. The van der Waals surface area contributed by atoms with Gasteiger partial charge in [0.05, 0.1) is 12.3 Å². The second-order valence-electron chi connectivity index (χ2n) is 2.53. The van der Waals surface area contributed by atoms with E-state index in [1.807, 2.05) is 0 Å². The molecule has 0 aliphatic rings. The number of aliphatic hydroxyl groups excluding tert-OH is 1. The van der Waals surface area contributed by atoms with Crippen LogP contribution in [0.3, 0.4) is 0 Å². The number of carbonyl (C=O) groups excluding carboxylic acids is 1. The summed E-state index contributed by atoms with van der Waals surface area (Å²) in [4.78, 5) is 14.8.